The highest BCUT2D eigenvalue weighted by atomic mass is 15.1. The number of aryl methyl sites for hydroxylation is 3. The summed E-state index contributed by atoms with van der Waals surface area (Å²) in [6, 6.07) is 16.7. The third-order valence-electron chi connectivity index (χ3n) is 4.10. The molecule has 0 atom stereocenters. The van der Waals surface area contributed by atoms with Crippen molar-refractivity contribution >= 4 is 16.7 Å². The monoisotopic (exact) mass is 293 g/mol. The number of para-hydroxylation sites is 1. The number of aromatic nitrogens is 2. The summed E-state index contributed by atoms with van der Waals surface area (Å²) in [5.41, 5.74) is 10.3. The van der Waals surface area contributed by atoms with E-state index in [1.54, 1.807) is 0 Å². The van der Waals surface area contributed by atoms with Gasteiger partial charge in [-0.2, -0.15) is 0 Å². The number of benzene rings is 2. The van der Waals surface area contributed by atoms with E-state index in [0.717, 1.165) is 41.9 Å². The quantitative estimate of drug-likeness (QED) is 0.692. The van der Waals surface area contributed by atoms with Crippen LogP contribution in [0.4, 0.5) is 5.69 Å². The molecule has 0 amide bonds. The molecule has 3 heteroatoms. The van der Waals surface area contributed by atoms with Crippen LogP contribution in [0.15, 0.2) is 48.5 Å². The van der Waals surface area contributed by atoms with E-state index in [1.165, 1.54) is 18.4 Å². The van der Waals surface area contributed by atoms with Gasteiger partial charge in [-0.05, 0) is 30.5 Å². The molecule has 114 valence electrons. The molecule has 0 aliphatic carbocycles. The second-order valence-electron chi connectivity index (χ2n) is 5.73. The Balaban J connectivity index is 1.91. The van der Waals surface area contributed by atoms with Crippen molar-refractivity contribution in [2.45, 2.75) is 39.2 Å². The van der Waals surface area contributed by atoms with Crippen LogP contribution >= 0.6 is 0 Å². The largest absolute Gasteiger partial charge is 0.397 e. The molecule has 0 aliphatic rings. The van der Waals surface area contributed by atoms with Crippen LogP contribution in [-0.2, 0) is 19.4 Å². The van der Waals surface area contributed by atoms with Crippen LogP contribution in [-0.4, -0.2) is 9.55 Å². The fourth-order valence-electron chi connectivity index (χ4n) is 2.87. The number of anilines is 1. The van der Waals surface area contributed by atoms with Crippen molar-refractivity contribution in [3.8, 4) is 0 Å². The minimum Gasteiger partial charge on any atom is -0.397 e. The molecule has 2 aromatic carbocycles. The number of imidazole rings is 1. The maximum absolute atomic E-state index is 6.10. The molecule has 0 aliphatic heterocycles. The maximum atomic E-state index is 6.10. The Morgan fingerprint density at radius 2 is 1.82 bits per heavy atom. The molecule has 3 aromatic rings. The van der Waals surface area contributed by atoms with E-state index in [2.05, 4.69) is 47.9 Å². The lowest BCUT2D eigenvalue weighted by Gasteiger charge is -2.08. The Morgan fingerprint density at radius 3 is 2.59 bits per heavy atom. The summed E-state index contributed by atoms with van der Waals surface area (Å²) in [4.78, 5) is 4.82. The molecular weight excluding hydrogens is 270 g/mol. The smallest absolute Gasteiger partial charge is 0.112 e. The number of hydrogen-bond acceptors (Lipinski definition) is 2. The lowest BCUT2D eigenvalue weighted by atomic mass is 10.1. The van der Waals surface area contributed by atoms with Gasteiger partial charge in [0.2, 0.25) is 0 Å². The highest BCUT2D eigenvalue weighted by molar-refractivity contribution is 5.87. The Bertz CT molecular complexity index is 744. The minimum absolute atomic E-state index is 0.772. The van der Waals surface area contributed by atoms with Gasteiger partial charge in [0.1, 0.15) is 11.3 Å². The first-order valence-corrected chi connectivity index (χ1v) is 8.07. The molecule has 22 heavy (non-hydrogen) atoms. The van der Waals surface area contributed by atoms with Crippen molar-refractivity contribution in [1.82, 2.24) is 9.55 Å². The minimum atomic E-state index is 0.772. The molecular formula is C19H23N3. The van der Waals surface area contributed by atoms with E-state index in [9.17, 15) is 0 Å². The van der Waals surface area contributed by atoms with E-state index in [0.29, 0.717) is 0 Å². The van der Waals surface area contributed by atoms with Crippen molar-refractivity contribution in [3.05, 3.63) is 59.9 Å². The Morgan fingerprint density at radius 1 is 1.00 bits per heavy atom. The standard InChI is InChI=1S/C19H23N3/c1-2-3-14-22-17-11-7-10-16(20)19(17)21-18(22)13-12-15-8-5-4-6-9-15/h4-11H,2-3,12-14,20H2,1H3. The van der Waals surface area contributed by atoms with E-state index in [1.807, 2.05) is 12.1 Å². The first-order chi connectivity index (χ1) is 10.8. The van der Waals surface area contributed by atoms with Gasteiger partial charge in [0, 0.05) is 13.0 Å². The second-order valence-corrected chi connectivity index (χ2v) is 5.73. The first-order valence-electron chi connectivity index (χ1n) is 8.07. The van der Waals surface area contributed by atoms with E-state index >= 15 is 0 Å². The summed E-state index contributed by atoms with van der Waals surface area (Å²) in [5.74, 6) is 1.14. The molecule has 3 rings (SSSR count). The van der Waals surface area contributed by atoms with Crippen LogP contribution in [0.5, 0.6) is 0 Å². The number of rotatable bonds is 6. The molecule has 0 bridgehead atoms. The van der Waals surface area contributed by atoms with E-state index < -0.39 is 0 Å². The Hall–Kier alpha value is -2.29. The Kier molecular flexibility index (Phi) is 4.42. The van der Waals surface area contributed by atoms with E-state index in [4.69, 9.17) is 10.7 Å². The average Bonchev–Trinajstić information content (AvgIpc) is 2.91. The van der Waals surface area contributed by atoms with Gasteiger partial charge in [0.25, 0.3) is 0 Å². The number of nitrogen functional groups attached to an aromatic ring is 1. The molecule has 0 radical (unpaired) electrons. The second kappa shape index (κ2) is 6.65. The highest BCUT2D eigenvalue weighted by Crippen LogP contribution is 2.23. The van der Waals surface area contributed by atoms with Crippen molar-refractivity contribution < 1.29 is 0 Å². The highest BCUT2D eigenvalue weighted by Gasteiger charge is 2.12. The van der Waals surface area contributed by atoms with Gasteiger partial charge in [-0.15, -0.1) is 0 Å². The molecule has 2 N–H and O–H groups in total. The number of unbranched alkanes of at least 4 members (excludes halogenated alkanes) is 1. The van der Waals surface area contributed by atoms with Crippen molar-refractivity contribution in [3.63, 3.8) is 0 Å². The fraction of sp³-hybridized carbons (Fsp3) is 0.316. The summed E-state index contributed by atoms with van der Waals surface area (Å²) in [6.45, 7) is 3.23. The van der Waals surface area contributed by atoms with Gasteiger partial charge in [-0.3, -0.25) is 0 Å². The van der Waals surface area contributed by atoms with Crippen LogP contribution < -0.4 is 5.73 Å². The predicted molar refractivity (Wildman–Crippen MR) is 92.9 cm³/mol. The van der Waals surface area contributed by atoms with Crippen LogP contribution in [0.25, 0.3) is 11.0 Å². The normalized spacial score (nSPS) is 11.1. The predicted octanol–water partition coefficient (Wildman–Crippen LogP) is 4.20. The summed E-state index contributed by atoms with van der Waals surface area (Å²) >= 11 is 0. The molecule has 1 heterocycles. The van der Waals surface area contributed by atoms with Crippen LogP contribution in [0, 0.1) is 0 Å². The maximum Gasteiger partial charge on any atom is 0.112 e. The number of hydrogen-bond donors (Lipinski definition) is 1. The molecule has 1 aromatic heterocycles. The van der Waals surface area contributed by atoms with Crippen molar-refractivity contribution in [2.75, 3.05) is 5.73 Å². The zero-order chi connectivity index (χ0) is 15.4. The lowest BCUT2D eigenvalue weighted by molar-refractivity contribution is 0.613. The van der Waals surface area contributed by atoms with Gasteiger partial charge in [0.15, 0.2) is 0 Å². The molecule has 0 fully saturated rings. The molecule has 0 unspecified atom stereocenters. The molecule has 0 spiro atoms. The Labute approximate surface area is 131 Å². The zero-order valence-corrected chi connectivity index (χ0v) is 13.1. The number of nitrogens with zero attached hydrogens (tertiary/aromatic N) is 2. The van der Waals surface area contributed by atoms with Crippen LogP contribution in [0.3, 0.4) is 0 Å². The lowest BCUT2D eigenvalue weighted by Crippen LogP contribution is -2.05. The SMILES string of the molecule is CCCCn1c(CCc2ccccc2)nc2c(N)cccc21. The first kappa shape index (κ1) is 14.6. The summed E-state index contributed by atoms with van der Waals surface area (Å²) in [7, 11) is 0. The summed E-state index contributed by atoms with van der Waals surface area (Å²) in [5, 5.41) is 0. The summed E-state index contributed by atoms with van der Waals surface area (Å²) in [6.07, 6.45) is 4.30. The third-order valence-corrected chi connectivity index (χ3v) is 4.10. The van der Waals surface area contributed by atoms with E-state index in [-0.39, 0.29) is 0 Å². The number of nitrogens with two attached hydrogens (primary N) is 1. The van der Waals surface area contributed by atoms with Gasteiger partial charge in [-0.25, -0.2) is 4.98 Å². The third kappa shape index (κ3) is 2.98. The molecule has 3 nitrogen and oxygen atoms in total. The van der Waals surface area contributed by atoms with Crippen molar-refractivity contribution in [2.24, 2.45) is 0 Å². The van der Waals surface area contributed by atoms with Gasteiger partial charge in [0.05, 0.1) is 11.2 Å². The number of fused-ring (bicyclic) bond motifs is 1. The van der Waals surface area contributed by atoms with Gasteiger partial charge < -0.3 is 10.3 Å². The molecule has 0 saturated carbocycles. The topological polar surface area (TPSA) is 43.8 Å². The van der Waals surface area contributed by atoms with Crippen molar-refractivity contribution in [1.29, 1.82) is 0 Å². The van der Waals surface area contributed by atoms with Gasteiger partial charge >= 0.3 is 0 Å². The fourth-order valence-corrected chi connectivity index (χ4v) is 2.87. The van der Waals surface area contributed by atoms with Crippen LogP contribution in [0.2, 0.25) is 0 Å². The molecule has 0 saturated heterocycles. The van der Waals surface area contributed by atoms with Crippen LogP contribution in [0.1, 0.15) is 31.2 Å². The average molecular weight is 293 g/mol. The summed E-state index contributed by atoms with van der Waals surface area (Å²) < 4.78 is 2.35. The van der Waals surface area contributed by atoms with Gasteiger partial charge in [-0.1, -0.05) is 49.7 Å². The zero-order valence-electron chi connectivity index (χ0n) is 13.1.